The number of pyridine rings is 2. The number of hydrogen-bond donors (Lipinski definition) is 6. The molecular weight excluding hydrogens is 1340 g/mol. The second kappa shape index (κ2) is 30.4. The van der Waals surface area contributed by atoms with Gasteiger partial charge in [0.25, 0.3) is 16.7 Å². The number of amides is 3. The first-order valence-corrected chi connectivity index (χ1v) is 33.9. The van der Waals surface area contributed by atoms with Crippen LogP contribution in [0.1, 0.15) is 73.6 Å². The molecule has 3 aromatic carbocycles. The number of rotatable bonds is 15. The number of nitrogen functional groups attached to an aromatic ring is 3. The van der Waals surface area contributed by atoms with E-state index in [1.807, 2.05) is 112 Å². The molecule has 31 heteroatoms. The average Bonchev–Trinajstić information content (AvgIpc) is 1.62. The molecule has 12 heterocycles. The third kappa shape index (κ3) is 15.0. The summed E-state index contributed by atoms with van der Waals surface area (Å²) in [5.74, 6) is 3.30. The van der Waals surface area contributed by atoms with Gasteiger partial charge in [0.2, 0.25) is 35.4 Å². The van der Waals surface area contributed by atoms with Gasteiger partial charge < -0.3 is 46.1 Å². The maximum Gasteiger partial charge on any atom is 0.290 e. The van der Waals surface area contributed by atoms with Crippen molar-refractivity contribution in [2.75, 3.05) is 56.5 Å². The highest BCUT2D eigenvalue weighted by Crippen LogP contribution is 2.39. The van der Waals surface area contributed by atoms with E-state index in [-0.39, 0.29) is 64.4 Å². The number of ether oxygens (including phenoxy) is 3. The summed E-state index contributed by atoms with van der Waals surface area (Å²) in [6, 6.07) is 34.2. The van der Waals surface area contributed by atoms with E-state index in [2.05, 4.69) is 70.5 Å². The van der Waals surface area contributed by atoms with E-state index >= 15 is 0 Å². The number of carbonyl (C=O) groups is 3. The Morgan fingerprint density at radius 2 is 0.829 bits per heavy atom. The van der Waals surface area contributed by atoms with Crippen molar-refractivity contribution in [3.05, 3.63) is 207 Å². The van der Waals surface area contributed by atoms with E-state index in [9.17, 15) is 28.8 Å². The smallest absolute Gasteiger partial charge is 0.290 e. The first kappa shape index (κ1) is 70.0. The minimum atomic E-state index is -0.391. The molecule has 0 aliphatic carbocycles. The molecule has 0 bridgehead atoms. The lowest BCUT2D eigenvalue weighted by Gasteiger charge is -2.32. The zero-order valence-electron chi connectivity index (χ0n) is 57.7. The summed E-state index contributed by atoms with van der Waals surface area (Å²) in [7, 11) is 0. The third-order valence-corrected chi connectivity index (χ3v) is 18.2. The molecule has 3 aliphatic heterocycles. The van der Waals surface area contributed by atoms with E-state index < -0.39 is 5.56 Å². The number of nitrogens with zero attached hydrogens (tertiary/aromatic N) is 16. The fourth-order valence-corrected chi connectivity index (χ4v) is 13.1. The molecule has 0 saturated carbocycles. The number of carbonyl (C=O) groups excluding carboxylic acids is 3. The van der Waals surface area contributed by atoms with Gasteiger partial charge in [0.15, 0.2) is 17.5 Å². The van der Waals surface area contributed by atoms with E-state index in [1.165, 1.54) is 18.2 Å². The van der Waals surface area contributed by atoms with Gasteiger partial charge in [0.05, 0.1) is 40.0 Å². The van der Waals surface area contributed by atoms with Crippen molar-refractivity contribution in [2.24, 2.45) is 0 Å². The van der Waals surface area contributed by atoms with Gasteiger partial charge in [0.1, 0.15) is 50.9 Å². The van der Waals surface area contributed by atoms with Crippen molar-refractivity contribution >= 4 is 67.9 Å². The van der Waals surface area contributed by atoms with Gasteiger partial charge >= 0.3 is 0 Å². The molecule has 3 amide bonds. The van der Waals surface area contributed by atoms with Crippen LogP contribution in [0.15, 0.2) is 174 Å². The standard InChI is InChI=1S/2C25H25N7O3.C24H24N8O3/c1-3-20(33)31-13-5-7-17(14-31)32-23-21(24(26)28-29-25(23)34)22(30-32)16-9-11-18(12-10-16)35-19-8-4-6-15(2)27-19;1-3-20(33)31-12-4-5-17(14-31)32-23-21(24(26)28-29-25(23)34)22(30-32)16-7-9-18(10-8-16)35-19-11-6-15(2)13-27-19;1-3-19(33)31-12-4-5-16(13-31)32-22-20(23(25)28-29-24(22)34)21(30-32)15-7-9-17(10-8-15)35-18-11-6-14(2)26-27-18/h3-4,6,8-12,17H,1,5,7,13-14H2,2H3,(H2,26,28)(H,29,34);3,6-11,13,17H,1,4-5,12,14H2,2H3,(H2,26,28)(H,29,34);3,6-11,16H,1,4-5,12-13H2,2H3,(H2,25,28)(H,29,34). The van der Waals surface area contributed by atoms with Crippen molar-refractivity contribution < 1.29 is 28.6 Å². The number of aromatic nitrogens is 16. The molecule has 3 saturated heterocycles. The van der Waals surface area contributed by atoms with Gasteiger partial charge in [0, 0.05) is 86.0 Å². The van der Waals surface area contributed by atoms with Crippen molar-refractivity contribution in [1.29, 1.82) is 0 Å². The minimum Gasteiger partial charge on any atom is -0.439 e. The van der Waals surface area contributed by atoms with Crippen LogP contribution in [0.4, 0.5) is 17.5 Å². The molecule has 3 atom stereocenters. The van der Waals surface area contributed by atoms with E-state index in [1.54, 1.807) is 59.2 Å². The maximum absolute atomic E-state index is 12.8. The summed E-state index contributed by atoms with van der Waals surface area (Å²) in [4.78, 5) is 88.9. The van der Waals surface area contributed by atoms with Crippen LogP contribution in [0.25, 0.3) is 66.5 Å². The Balaban J connectivity index is 0.000000140. The van der Waals surface area contributed by atoms with E-state index in [4.69, 9.17) is 46.7 Å². The molecule has 105 heavy (non-hydrogen) atoms. The van der Waals surface area contributed by atoms with Crippen molar-refractivity contribution in [2.45, 2.75) is 77.4 Å². The number of H-pyrrole nitrogens is 3. The molecule has 15 rings (SSSR count). The number of fused-ring (bicyclic) bond motifs is 3. The number of aryl methyl sites for hydroxylation is 3. The maximum atomic E-state index is 12.8. The van der Waals surface area contributed by atoms with Gasteiger partial charge in [-0.1, -0.05) is 31.9 Å². The topological polar surface area (TPSA) is 409 Å². The summed E-state index contributed by atoms with van der Waals surface area (Å²) in [6.07, 6.45) is 10.3. The van der Waals surface area contributed by atoms with E-state index in [0.717, 1.165) is 72.2 Å². The highest BCUT2D eigenvalue weighted by Gasteiger charge is 2.33. The first-order valence-electron chi connectivity index (χ1n) is 33.9. The molecule has 12 aromatic rings. The van der Waals surface area contributed by atoms with Gasteiger partial charge in [-0.2, -0.15) is 35.7 Å². The Morgan fingerprint density at radius 1 is 0.457 bits per heavy atom. The summed E-state index contributed by atoms with van der Waals surface area (Å²) >= 11 is 0. The molecular formula is C74H74N22O9. The lowest BCUT2D eigenvalue weighted by atomic mass is 10.1. The predicted molar refractivity (Wildman–Crippen MR) is 394 cm³/mol. The Labute approximate surface area is 598 Å². The molecule has 0 radical (unpaired) electrons. The van der Waals surface area contributed by atoms with Crippen LogP contribution in [0.2, 0.25) is 0 Å². The molecule has 534 valence electrons. The predicted octanol–water partition coefficient (Wildman–Crippen LogP) is 9.04. The molecule has 9 aromatic heterocycles. The van der Waals surface area contributed by atoms with Crippen molar-refractivity contribution in [3.63, 3.8) is 0 Å². The molecule has 3 unspecified atom stereocenters. The molecule has 3 aliphatic rings. The van der Waals surface area contributed by atoms with Crippen LogP contribution in [0.3, 0.4) is 0 Å². The molecule has 3 fully saturated rings. The summed E-state index contributed by atoms with van der Waals surface area (Å²) < 4.78 is 22.5. The number of anilines is 3. The quantitative estimate of drug-likeness (QED) is 0.0521. The Bertz CT molecular complexity index is 5230. The van der Waals surface area contributed by atoms with Gasteiger partial charge in [-0.15, -0.1) is 5.10 Å². The van der Waals surface area contributed by atoms with Gasteiger partial charge in [-0.25, -0.2) is 25.3 Å². The lowest BCUT2D eigenvalue weighted by Crippen LogP contribution is -2.40. The van der Waals surface area contributed by atoms with Crippen molar-refractivity contribution in [1.82, 2.24) is 94.8 Å². The highest BCUT2D eigenvalue weighted by molar-refractivity contribution is 6.02. The largest absolute Gasteiger partial charge is 0.439 e. The Kier molecular flexibility index (Phi) is 20.2. The first-order chi connectivity index (χ1) is 50.8. The van der Waals surface area contributed by atoms with Crippen LogP contribution < -0.4 is 48.1 Å². The zero-order valence-corrected chi connectivity index (χ0v) is 57.7. The summed E-state index contributed by atoms with van der Waals surface area (Å²) in [5, 5.41) is 43.1. The second-order valence-corrected chi connectivity index (χ2v) is 25.4. The summed E-state index contributed by atoms with van der Waals surface area (Å²) in [5.41, 5.74) is 25.0. The number of nitrogens with two attached hydrogens (primary N) is 3. The number of hydrogen-bond acceptors (Lipinski definition) is 22. The van der Waals surface area contributed by atoms with Crippen LogP contribution in [0, 0.1) is 20.8 Å². The van der Waals surface area contributed by atoms with Gasteiger partial charge in [-0.05, 0) is 168 Å². The molecule has 0 spiro atoms. The lowest BCUT2D eigenvalue weighted by molar-refractivity contribution is -0.128. The Morgan fingerprint density at radius 3 is 1.17 bits per heavy atom. The van der Waals surface area contributed by atoms with Crippen LogP contribution >= 0.6 is 0 Å². The number of nitrogens with one attached hydrogen (secondary N) is 3. The third-order valence-electron chi connectivity index (χ3n) is 18.2. The van der Waals surface area contributed by atoms with Gasteiger partial charge in [-0.3, -0.25) is 42.8 Å². The SMILES string of the molecule is C=CC(=O)N1CCCC(n2nc(-c3ccc(Oc4ccc(C)cn4)cc3)c3c(N)n[nH]c(=O)c32)C1.C=CC(=O)N1CCCC(n2nc(-c3ccc(Oc4ccc(C)nn4)cc3)c3c(N)n[nH]c(=O)c32)C1.C=CC(=O)N1CCCC(n2nc(-c3ccc(Oc4cccc(C)n4)cc3)c3c(N)n[nH]c(=O)c32)C1. The molecule has 9 N–H and O–H groups in total. The van der Waals surface area contributed by atoms with Crippen LogP contribution in [-0.2, 0) is 14.4 Å². The monoisotopic (exact) mass is 1410 g/mol. The highest BCUT2D eigenvalue weighted by atomic mass is 16.5. The fourth-order valence-electron chi connectivity index (χ4n) is 13.1. The number of likely N-dealkylation sites (tertiary alicyclic amines) is 3. The number of aromatic amines is 3. The number of benzene rings is 3. The number of piperidine rings is 3. The summed E-state index contributed by atoms with van der Waals surface area (Å²) in [6.45, 7) is 19.7. The average molecular weight is 1420 g/mol. The normalized spacial score (nSPS) is 15.8. The zero-order chi connectivity index (χ0) is 73.6. The van der Waals surface area contributed by atoms with Crippen LogP contribution in [0.5, 0.6) is 34.9 Å². The van der Waals surface area contributed by atoms with Crippen LogP contribution in [-0.4, -0.2) is 152 Å². The molecule has 31 nitrogen and oxygen atoms in total. The minimum absolute atomic E-state index is 0.139. The Hall–Kier alpha value is -13.5. The van der Waals surface area contributed by atoms with E-state index in [0.29, 0.717) is 124 Å². The second-order valence-electron chi connectivity index (χ2n) is 25.4. The fraction of sp³-hybridized carbons (Fsp3) is 0.243. The van der Waals surface area contributed by atoms with Crippen molar-refractivity contribution in [3.8, 4) is 68.7 Å².